The van der Waals surface area contributed by atoms with Crippen LogP contribution in [0.3, 0.4) is 0 Å². The molecule has 0 heterocycles. The molecule has 0 aliphatic rings. The lowest BCUT2D eigenvalue weighted by atomic mass is 10.3. The molecule has 3 N–H and O–H groups in total. The Labute approximate surface area is 85.5 Å². The molecule has 5 heteroatoms. The number of nitrogens with two attached hydrogens (primary N) is 1. The van der Waals surface area contributed by atoms with Gasteiger partial charge < -0.3 is 15.7 Å². The first kappa shape index (κ1) is 13.2. The maximum atomic E-state index is 8.45. The summed E-state index contributed by atoms with van der Waals surface area (Å²) in [6.07, 6.45) is 1.20. The maximum Gasteiger partial charge on any atom is 0.153 e. The molecule has 0 aromatic carbocycles. The van der Waals surface area contributed by atoms with Crippen molar-refractivity contribution >= 4 is 5.84 Å². The lowest BCUT2D eigenvalue weighted by molar-refractivity contribution is 0.0820. The van der Waals surface area contributed by atoms with Crippen LogP contribution in [0.15, 0.2) is 5.16 Å². The first-order valence-corrected chi connectivity index (χ1v) is 4.85. The molecule has 0 saturated heterocycles. The second-order valence-corrected chi connectivity index (χ2v) is 3.37. The van der Waals surface area contributed by atoms with E-state index in [9.17, 15) is 0 Å². The van der Waals surface area contributed by atoms with Gasteiger partial charge in [0, 0.05) is 13.7 Å². The normalized spacial score (nSPS) is 14.7. The lowest BCUT2D eigenvalue weighted by Crippen LogP contribution is -2.39. The number of methoxy groups -OCH3 is 1. The van der Waals surface area contributed by atoms with Crippen LogP contribution in [0.4, 0.5) is 0 Å². The molecule has 0 aromatic heterocycles. The number of oxime groups is 1. The first-order valence-electron chi connectivity index (χ1n) is 4.85. The van der Waals surface area contributed by atoms with Crippen LogP contribution in [0.2, 0.25) is 0 Å². The third-order valence-electron chi connectivity index (χ3n) is 1.97. The lowest BCUT2D eigenvalue weighted by Gasteiger charge is -2.23. The average Bonchev–Trinajstić information content (AvgIpc) is 2.17. The van der Waals surface area contributed by atoms with E-state index >= 15 is 0 Å². The van der Waals surface area contributed by atoms with Gasteiger partial charge in [-0.2, -0.15) is 0 Å². The van der Waals surface area contributed by atoms with Gasteiger partial charge >= 0.3 is 0 Å². The number of hydrogen-bond donors (Lipinski definition) is 2. The molecule has 0 fully saturated rings. The molecule has 5 nitrogen and oxygen atoms in total. The standard InChI is InChI=1S/C9H21N3O2/c1-4-5-12(6-8(2)14-3)7-9(10)11-13/h8,13H,4-7H2,1-3H3,(H2,10,11). The van der Waals surface area contributed by atoms with E-state index < -0.39 is 0 Å². The predicted octanol–water partition coefficient (Wildman–Crippen LogP) is 0.480. The largest absolute Gasteiger partial charge is 0.409 e. The summed E-state index contributed by atoms with van der Waals surface area (Å²) in [6, 6.07) is 0. The Balaban J connectivity index is 4.01. The zero-order valence-electron chi connectivity index (χ0n) is 9.23. The minimum Gasteiger partial charge on any atom is -0.409 e. The summed E-state index contributed by atoms with van der Waals surface area (Å²) < 4.78 is 5.16. The van der Waals surface area contributed by atoms with Crippen LogP contribution in [-0.4, -0.2) is 48.8 Å². The van der Waals surface area contributed by atoms with Crippen molar-refractivity contribution < 1.29 is 9.94 Å². The summed E-state index contributed by atoms with van der Waals surface area (Å²) in [5.41, 5.74) is 5.44. The van der Waals surface area contributed by atoms with E-state index in [1.807, 2.05) is 6.92 Å². The molecule has 0 aliphatic heterocycles. The Hall–Kier alpha value is -0.810. The highest BCUT2D eigenvalue weighted by molar-refractivity contribution is 5.81. The van der Waals surface area contributed by atoms with E-state index in [4.69, 9.17) is 15.7 Å². The molecule has 0 bridgehead atoms. The molecule has 0 aliphatic carbocycles. The SMILES string of the molecule is CCCN(CC(N)=NO)CC(C)OC. The molecule has 0 spiro atoms. The van der Waals surface area contributed by atoms with Gasteiger partial charge in [0.25, 0.3) is 0 Å². The third kappa shape index (κ3) is 5.77. The van der Waals surface area contributed by atoms with Gasteiger partial charge in [0.1, 0.15) is 0 Å². The summed E-state index contributed by atoms with van der Waals surface area (Å²) in [5, 5.41) is 11.4. The second-order valence-electron chi connectivity index (χ2n) is 3.37. The first-order chi connectivity index (χ1) is 6.63. The molecule has 0 amide bonds. The van der Waals surface area contributed by atoms with Crippen molar-refractivity contribution in [3.8, 4) is 0 Å². The van der Waals surface area contributed by atoms with Crippen LogP contribution in [0.1, 0.15) is 20.3 Å². The smallest absolute Gasteiger partial charge is 0.153 e. The van der Waals surface area contributed by atoms with Gasteiger partial charge in [0.15, 0.2) is 5.84 Å². The van der Waals surface area contributed by atoms with Gasteiger partial charge in [0.05, 0.1) is 12.6 Å². The van der Waals surface area contributed by atoms with E-state index in [-0.39, 0.29) is 11.9 Å². The fourth-order valence-electron chi connectivity index (χ4n) is 1.25. The third-order valence-corrected chi connectivity index (χ3v) is 1.97. The molecule has 0 rings (SSSR count). The molecular formula is C9H21N3O2. The Morgan fingerprint density at radius 3 is 2.71 bits per heavy atom. The van der Waals surface area contributed by atoms with Crippen molar-refractivity contribution in [3.05, 3.63) is 0 Å². The fourth-order valence-corrected chi connectivity index (χ4v) is 1.25. The maximum absolute atomic E-state index is 8.45. The number of hydrogen-bond acceptors (Lipinski definition) is 4. The highest BCUT2D eigenvalue weighted by Crippen LogP contribution is 1.97. The molecule has 0 saturated carbocycles. The van der Waals surface area contributed by atoms with Crippen molar-refractivity contribution in [2.45, 2.75) is 26.4 Å². The molecule has 0 radical (unpaired) electrons. The van der Waals surface area contributed by atoms with Crippen molar-refractivity contribution in [2.24, 2.45) is 10.9 Å². The molecule has 84 valence electrons. The number of nitrogens with zero attached hydrogens (tertiary/aromatic N) is 2. The van der Waals surface area contributed by atoms with Crippen LogP contribution in [0.5, 0.6) is 0 Å². The Morgan fingerprint density at radius 1 is 1.64 bits per heavy atom. The Morgan fingerprint density at radius 2 is 2.29 bits per heavy atom. The van der Waals surface area contributed by atoms with Crippen LogP contribution in [0, 0.1) is 0 Å². The van der Waals surface area contributed by atoms with Crippen molar-refractivity contribution in [1.82, 2.24) is 4.90 Å². The highest BCUT2D eigenvalue weighted by atomic mass is 16.5. The molecule has 14 heavy (non-hydrogen) atoms. The zero-order valence-corrected chi connectivity index (χ0v) is 9.23. The minimum atomic E-state index is 0.160. The van der Waals surface area contributed by atoms with E-state index in [0.29, 0.717) is 6.54 Å². The predicted molar refractivity (Wildman–Crippen MR) is 56.6 cm³/mol. The highest BCUT2D eigenvalue weighted by Gasteiger charge is 2.10. The van der Waals surface area contributed by atoms with Crippen LogP contribution < -0.4 is 5.73 Å². The Bertz CT molecular complexity index is 173. The van der Waals surface area contributed by atoms with E-state index in [1.54, 1.807) is 7.11 Å². The van der Waals surface area contributed by atoms with Gasteiger partial charge in [-0.3, -0.25) is 4.90 Å². The number of rotatable bonds is 7. The van der Waals surface area contributed by atoms with Gasteiger partial charge in [-0.05, 0) is 19.9 Å². The van der Waals surface area contributed by atoms with Crippen molar-refractivity contribution in [3.63, 3.8) is 0 Å². The molecular weight excluding hydrogens is 182 g/mol. The van der Waals surface area contributed by atoms with Crippen LogP contribution in [-0.2, 0) is 4.74 Å². The summed E-state index contributed by atoms with van der Waals surface area (Å²) in [4.78, 5) is 2.10. The summed E-state index contributed by atoms with van der Waals surface area (Å²) >= 11 is 0. The second kappa shape index (κ2) is 7.58. The minimum absolute atomic E-state index is 0.160. The molecule has 1 atom stereocenters. The summed E-state index contributed by atoms with van der Waals surface area (Å²) in [6.45, 7) is 6.29. The van der Waals surface area contributed by atoms with E-state index in [0.717, 1.165) is 19.5 Å². The van der Waals surface area contributed by atoms with Gasteiger partial charge in [-0.15, -0.1) is 0 Å². The summed E-state index contributed by atoms with van der Waals surface area (Å²) in [5.74, 6) is 0.238. The van der Waals surface area contributed by atoms with Crippen LogP contribution in [0.25, 0.3) is 0 Å². The van der Waals surface area contributed by atoms with E-state index in [1.165, 1.54) is 0 Å². The quantitative estimate of drug-likeness (QED) is 0.273. The Kier molecular flexibility index (Phi) is 7.14. The number of ether oxygens (including phenoxy) is 1. The van der Waals surface area contributed by atoms with Crippen molar-refractivity contribution in [2.75, 3.05) is 26.7 Å². The fraction of sp³-hybridized carbons (Fsp3) is 0.889. The molecule has 1 unspecified atom stereocenters. The van der Waals surface area contributed by atoms with E-state index in [2.05, 4.69) is 17.0 Å². The zero-order chi connectivity index (χ0) is 11.0. The van der Waals surface area contributed by atoms with Gasteiger partial charge in [-0.25, -0.2) is 0 Å². The number of amidine groups is 1. The van der Waals surface area contributed by atoms with Gasteiger partial charge in [-0.1, -0.05) is 12.1 Å². The van der Waals surface area contributed by atoms with Gasteiger partial charge in [0.2, 0.25) is 0 Å². The summed E-state index contributed by atoms with van der Waals surface area (Å²) in [7, 11) is 1.68. The monoisotopic (exact) mass is 203 g/mol. The molecule has 0 aromatic rings. The average molecular weight is 203 g/mol. The van der Waals surface area contributed by atoms with Crippen LogP contribution >= 0.6 is 0 Å². The van der Waals surface area contributed by atoms with Crippen molar-refractivity contribution in [1.29, 1.82) is 0 Å². The topological polar surface area (TPSA) is 71.1 Å².